The Balaban J connectivity index is 1.63. The van der Waals surface area contributed by atoms with E-state index in [1.807, 2.05) is 37.4 Å². The van der Waals surface area contributed by atoms with Gasteiger partial charge < -0.3 is 5.32 Å². The Hall–Kier alpha value is -2.04. The third-order valence-electron chi connectivity index (χ3n) is 4.54. The number of aryl methyl sites for hydroxylation is 1. The Morgan fingerprint density at radius 3 is 2.88 bits per heavy atom. The monoisotopic (exact) mass is 352 g/mol. The summed E-state index contributed by atoms with van der Waals surface area (Å²) in [6, 6.07) is 16.8. The van der Waals surface area contributed by atoms with E-state index in [2.05, 4.69) is 41.1 Å². The normalized spacial score (nSPS) is 15.8. The summed E-state index contributed by atoms with van der Waals surface area (Å²) in [5, 5.41) is 3.06. The van der Waals surface area contributed by atoms with Crippen molar-refractivity contribution in [3.8, 4) is 0 Å². The smallest absolute Gasteiger partial charge is 0.238 e. The predicted molar refractivity (Wildman–Crippen MR) is 106 cm³/mol. The lowest BCUT2D eigenvalue weighted by Gasteiger charge is -2.24. The molecule has 2 aromatic rings. The molecule has 1 aliphatic carbocycles. The number of carbonyl (C=O) groups is 1. The summed E-state index contributed by atoms with van der Waals surface area (Å²) in [6.45, 7) is 4.14. The summed E-state index contributed by atoms with van der Waals surface area (Å²) in [7, 11) is 2.03. The van der Waals surface area contributed by atoms with Gasteiger partial charge in [-0.15, -0.1) is 18.3 Å². The van der Waals surface area contributed by atoms with E-state index in [1.165, 1.54) is 11.1 Å². The lowest BCUT2D eigenvalue weighted by Crippen LogP contribution is -2.32. The summed E-state index contributed by atoms with van der Waals surface area (Å²) < 4.78 is 0. The van der Waals surface area contributed by atoms with Crippen LogP contribution in [-0.4, -0.2) is 30.2 Å². The highest BCUT2D eigenvalue weighted by Gasteiger charge is 2.26. The maximum atomic E-state index is 12.5. The number of nitrogens with one attached hydrogen (secondary N) is 1. The molecule has 1 atom stereocenters. The van der Waals surface area contributed by atoms with Crippen LogP contribution in [0.4, 0.5) is 5.69 Å². The number of benzene rings is 2. The molecule has 130 valence electrons. The van der Waals surface area contributed by atoms with Gasteiger partial charge in [-0.1, -0.05) is 42.5 Å². The molecule has 0 saturated carbocycles. The van der Waals surface area contributed by atoms with Crippen molar-refractivity contribution in [2.75, 3.05) is 24.7 Å². The first-order valence-electron chi connectivity index (χ1n) is 8.59. The Bertz CT molecular complexity index is 759. The maximum absolute atomic E-state index is 12.5. The molecule has 0 radical (unpaired) electrons. The molecule has 0 fully saturated rings. The average Bonchev–Trinajstić information content (AvgIpc) is 3.05. The summed E-state index contributed by atoms with van der Waals surface area (Å²) in [5.41, 5.74) is 3.64. The number of amides is 1. The van der Waals surface area contributed by atoms with Crippen LogP contribution < -0.4 is 5.32 Å². The second-order valence-corrected chi connectivity index (χ2v) is 7.37. The number of fused-ring (bicyclic) bond motifs is 1. The number of rotatable bonds is 7. The van der Waals surface area contributed by atoms with Gasteiger partial charge in [0.15, 0.2) is 0 Å². The van der Waals surface area contributed by atoms with E-state index < -0.39 is 0 Å². The summed E-state index contributed by atoms with van der Waals surface area (Å²) >= 11 is 1.68. The Morgan fingerprint density at radius 1 is 1.28 bits per heavy atom. The van der Waals surface area contributed by atoms with Crippen molar-refractivity contribution < 1.29 is 4.79 Å². The van der Waals surface area contributed by atoms with E-state index >= 15 is 0 Å². The first kappa shape index (κ1) is 17.8. The van der Waals surface area contributed by atoms with Gasteiger partial charge in [0.25, 0.3) is 0 Å². The van der Waals surface area contributed by atoms with E-state index in [1.54, 1.807) is 11.8 Å². The zero-order chi connectivity index (χ0) is 17.6. The molecule has 0 spiro atoms. The second kappa shape index (κ2) is 8.37. The van der Waals surface area contributed by atoms with Crippen LogP contribution in [0.3, 0.4) is 0 Å². The fourth-order valence-corrected chi connectivity index (χ4v) is 4.11. The Labute approximate surface area is 154 Å². The van der Waals surface area contributed by atoms with Crippen molar-refractivity contribution in [2.45, 2.75) is 23.8 Å². The molecule has 25 heavy (non-hydrogen) atoms. The molecule has 1 unspecified atom stereocenters. The lowest BCUT2D eigenvalue weighted by molar-refractivity contribution is -0.117. The third-order valence-corrected chi connectivity index (χ3v) is 5.61. The van der Waals surface area contributed by atoms with Crippen LogP contribution in [0, 0.1) is 0 Å². The first-order valence-corrected chi connectivity index (χ1v) is 9.58. The largest absolute Gasteiger partial charge is 0.324 e. The molecule has 3 rings (SSSR count). The predicted octanol–water partition coefficient (Wildman–Crippen LogP) is 4.52. The minimum Gasteiger partial charge on any atom is -0.324 e. The molecule has 0 bridgehead atoms. The highest BCUT2D eigenvalue weighted by Crippen LogP contribution is 2.34. The standard InChI is InChI=1S/C21H24N2OS/c1-3-14-25-20-11-7-6-10-18(20)22-21(24)15-23(2)19-13-12-16-8-4-5-9-17(16)19/h3-11,19H,1,12-15H2,2H3,(H,22,24). The molecular formula is C21H24N2OS. The number of hydrogen-bond acceptors (Lipinski definition) is 3. The number of para-hydroxylation sites is 1. The quantitative estimate of drug-likeness (QED) is 0.587. The van der Waals surface area contributed by atoms with E-state index in [0.29, 0.717) is 12.6 Å². The molecule has 2 aromatic carbocycles. The van der Waals surface area contributed by atoms with Crippen LogP contribution in [0.25, 0.3) is 0 Å². The summed E-state index contributed by atoms with van der Waals surface area (Å²) in [6.07, 6.45) is 4.04. The van der Waals surface area contributed by atoms with E-state index in [-0.39, 0.29) is 5.91 Å². The van der Waals surface area contributed by atoms with Crippen molar-refractivity contribution in [3.63, 3.8) is 0 Å². The fourth-order valence-electron chi connectivity index (χ4n) is 3.36. The molecule has 0 saturated heterocycles. The van der Waals surface area contributed by atoms with Crippen molar-refractivity contribution in [2.24, 2.45) is 0 Å². The molecule has 1 amide bonds. The van der Waals surface area contributed by atoms with E-state index in [0.717, 1.165) is 29.2 Å². The number of nitrogens with zero attached hydrogens (tertiary/aromatic N) is 1. The molecule has 0 aliphatic heterocycles. The Morgan fingerprint density at radius 2 is 2.04 bits per heavy atom. The first-order chi connectivity index (χ1) is 12.2. The van der Waals surface area contributed by atoms with Gasteiger partial charge in [-0.25, -0.2) is 0 Å². The van der Waals surface area contributed by atoms with Crippen LogP contribution >= 0.6 is 11.8 Å². The fraction of sp³-hybridized carbons (Fsp3) is 0.286. The van der Waals surface area contributed by atoms with Gasteiger partial charge in [-0.2, -0.15) is 0 Å². The summed E-state index contributed by atoms with van der Waals surface area (Å²) in [4.78, 5) is 15.8. The van der Waals surface area contributed by atoms with Crippen LogP contribution in [0.15, 0.2) is 66.1 Å². The topological polar surface area (TPSA) is 32.3 Å². The Kier molecular flexibility index (Phi) is 5.95. The van der Waals surface area contributed by atoms with Gasteiger partial charge in [0.1, 0.15) is 0 Å². The van der Waals surface area contributed by atoms with Crippen molar-refractivity contribution in [1.82, 2.24) is 4.90 Å². The molecule has 0 aromatic heterocycles. The number of thioether (sulfide) groups is 1. The van der Waals surface area contributed by atoms with Gasteiger partial charge in [-0.05, 0) is 43.1 Å². The number of hydrogen-bond donors (Lipinski definition) is 1. The van der Waals surface area contributed by atoms with Crippen LogP contribution in [-0.2, 0) is 11.2 Å². The van der Waals surface area contributed by atoms with Gasteiger partial charge in [0, 0.05) is 16.7 Å². The van der Waals surface area contributed by atoms with Crippen molar-refractivity contribution in [3.05, 3.63) is 72.3 Å². The highest BCUT2D eigenvalue weighted by atomic mass is 32.2. The molecule has 1 aliphatic rings. The van der Waals surface area contributed by atoms with Gasteiger partial charge in [0.05, 0.1) is 12.2 Å². The third kappa shape index (κ3) is 4.33. The van der Waals surface area contributed by atoms with Crippen LogP contribution in [0.5, 0.6) is 0 Å². The molecule has 0 heterocycles. The molecule has 3 nitrogen and oxygen atoms in total. The van der Waals surface area contributed by atoms with Gasteiger partial charge in [-0.3, -0.25) is 9.69 Å². The van der Waals surface area contributed by atoms with Crippen LogP contribution in [0.1, 0.15) is 23.6 Å². The average molecular weight is 353 g/mol. The second-order valence-electron chi connectivity index (χ2n) is 6.31. The summed E-state index contributed by atoms with van der Waals surface area (Å²) in [5.74, 6) is 0.851. The molecule has 4 heteroatoms. The molecule has 1 N–H and O–H groups in total. The number of anilines is 1. The van der Waals surface area contributed by atoms with Crippen LogP contribution in [0.2, 0.25) is 0 Å². The van der Waals surface area contributed by atoms with E-state index in [4.69, 9.17) is 0 Å². The highest BCUT2D eigenvalue weighted by molar-refractivity contribution is 7.99. The van der Waals surface area contributed by atoms with Crippen molar-refractivity contribution in [1.29, 1.82) is 0 Å². The minimum absolute atomic E-state index is 0.0264. The van der Waals surface area contributed by atoms with E-state index in [9.17, 15) is 4.79 Å². The van der Waals surface area contributed by atoms with Gasteiger partial charge in [0.2, 0.25) is 5.91 Å². The number of carbonyl (C=O) groups excluding carboxylic acids is 1. The maximum Gasteiger partial charge on any atom is 0.238 e. The van der Waals surface area contributed by atoms with Gasteiger partial charge >= 0.3 is 0 Å². The lowest BCUT2D eigenvalue weighted by atomic mass is 10.1. The zero-order valence-electron chi connectivity index (χ0n) is 14.6. The zero-order valence-corrected chi connectivity index (χ0v) is 15.4. The molecular weight excluding hydrogens is 328 g/mol. The van der Waals surface area contributed by atoms with Crippen molar-refractivity contribution >= 4 is 23.4 Å². The number of likely N-dealkylation sites (N-methyl/N-ethyl adjacent to an activating group) is 1. The SMILES string of the molecule is C=CCSc1ccccc1NC(=O)CN(C)C1CCc2ccccc21. The minimum atomic E-state index is 0.0264.